The molecule has 0 bridgehead atoms. The number of rotatable bonds is 3. The Hall–Kier alpha value is -1.35. The topological polar surface area (TPSA) is 35.5 Å². The molecular weight excluding hydrogens is 216 g/mol. The minimum absolute atomic E-state index is 0.0239. The molecule has 0 aromatic heterocycles. The van der Waals surface area contributed by atoms with Gasteiger partial charge >= 0.3 is 0 Å². The minimum Gasteiger partial charge on any atom is -0.497 e. The normalized spacial score (nSPS) is 20.0. The lowest BCUT2D eigenvalue weighted by molar-refractivity contribution is 0.0461. The molecule has 1 aliphatic heterocycles. The van der Waals surface area contributed by atoms with E-state index in [1.54, 1.807) is 7.11 Å². The van der Waals surface area contributed by atoms with Crippen LogP contribution in [0.5, 0.6) is 5.75 Å². The zero-order valence-electron chi connectivity index (χ0n) is 10.4. The Morgan fingerprint density at radius 1 is 1.47 bits per heavy atom. The van der Waals surface area contributed by atoms with Gasteiger partial charge in [-0.25, -0.2) is 0 Å². The van der Waals surface area contributed by atoms with Crippen LogP contribution >= 0.6 is 0 Å². The molecule has 0 saturated carbocycles. The number of Topliss-reactive ketones (excluding diaryl/α,β-unsaturated/α-hetero) is 1. The van der Waals surface area contributed by atoms with Crippen LogP contribution in [0.25, 0.3) is 0 Å². The van der Waals surface area contributed by atoms with E-state index in [2.05, 4.69) is 0 Å². The Labute approximate surface area is 102 Å². The molecule has 1 aromatic rings. The van der Waals surface area contributed by atoms with E-state index in [4.69, 9.17) is 9.47 Å². The van der Waals surface area contributed by atoms with Crippen molar-refractivity contribution in [1.29, 1.82) is 0 Å². The second-order valence-corrected chi connectivity index (χ2v) is 4.46. The van der Waals surface area contributed by atoms with Crippen molar-refractivity contribution in [1.82, 2.24) is 0 Å². The summed E-state index contributed by atoms with van der Waals surface area (Å²) in [6, 6.07) is 5.59. The predicted octanol–water partition coefficient (Wildman–Crippen LogP) is 2.61. The molecule has 2 rings (SSSR count). The summed E-state index contributed by atoms with van der Waals surface area (Å²) in [7, 11) is 1.63. The largest absolute Gasteiger partial charge is 0.497 e. The highest BCUT2D eigenvalue weighted by atomic mass is 16.5. The van der Waals surface area contributed by atoms with Gasteiger partial charge in [0.05, 0.1) is 13.7 Å². The number of methoxy groups -OCH3 is 1. The molecular formula is C14H18O3. The Kier molecular flexibility index (Phi) is 3.79. The van der Waals surface area contributed by atoms with Crippen LogP contribution in [-0.2, 0) is 4.74 Å². The third kappa shape index (κ3) is 2.67. The molecule has 0 amide bonds. The van der Waals surface area contributed by atoms with Crippen LogP contribution in [-0.4, -0.2) is 26.1 Å². The molecule has 0 spiro atoms. The number of benzene rings is 1. The molecule has 17 heavy (non-hydrogen) atoms. The van der Waals surface area contributed by atoms with Gasteiger partial charge in [-0.3, -0.25) is 4.79 Å². The van der Waals surface area contributed by atoms with Gasteiger partial charge in [0.25, 0.3) is 0 Å². The molecule has 1 saturated heterocycles. The quantitative estimate of drug-likeness (QED) is 0.754. The van der Waals surface area contributed by atoms with Crippen molar-refractivity contribution in [3.63, 3.8) is 0 Å². The number of aryl methyl sites for hydroxylation is 1. The van der Waals surface area contributed by atoms with Crippen LogP contribution in [0.1, 0.15) is 28.8 Å². The van der Waals surface area contributed by atoms with E-state index in [1.165, 1.54) is 0 Å². The lowest BCUT2D eigenvalue weighted by Gasteiger charge is -2.21. The number of ether oxygens (including phenoxy) is 2. The Balaban J connectivity index is 2.18. The molecule has 1 aliphatic rings. The molecule has 92 valence electrons. The number of ketones is 1. The van der Waals surface area contributed by atoms with Crippen molar-refractivity contribution in [3.8, 4) is 5.75 Å². The first-order valence-electron chi connectivity index (χ1n) is 5.99. The first-order chi connectivity index (χ1) is 8.22. The average molecular weight is 234 g/mol. The Morgan fingerprint density at radius 2 is 2.29 bits per heavy atom. The molecule has 0 radical (unpaired) electrons. The summed E-state index contributed by atoms with van der Waals surface area (Å²) in [5.41, 5.74) is 1.77. The fraction of sp³-hybridized carbons (Fsp3) is 0.500. The van der Waals surface area contributed by atoms with E-state index in [0.29, 0.717) is 6.61 Å². The SMILES string of the molecule is COc1ccc(C(=O)C2CCCOC2)c(C)c1. The first-order valence-corrected chi connectivity index (χ1v) is 5.99. The van der Waals surface area contributed by atoms with E-state index in [-0.39, 0.29) is 11.7 Å². The second-order valence-electron chi connectivity index (χ2n) is 4.46. The van der Waals surface area contributed by atoms with Crippen molar-refractivity contribution >= 4 is 5.78 Å². The highest BCUT2D eigenvalue weighted by molar-refractivity contribution is 5.99. The molecule has 3 heteroatoms. The molecule has 1 heterocycles. The van der Waals surface area contributed by atoms with Crippen LogP contribution in [0.2, 0.25) is 0 Å². The standard InChI is InChI=1S/C14H18O3/c1-10-8-12(16-2)5-6-13(10)14(15)11-4-3-7-17-9-11/h5-6,8,11H,3-4,7,9H2,1-2H3. The third-order valence-corrected chi connectivity index (χ3v) is 3.23. The molecule has 3 nitrogen and oxygen atoms in total. The number of carbonyl (C=O) groups excluding carboxylic acids is 1. The maximum absolute atomic E-state index is 12.3. The first kappa shape index (κ1) is 12.1. The van der Waals surface area contributed by atoms with Crippen LogP contribution in [0.15, 0.2) is 18.2 Å². The van der Waals surface area contributed by atoms with Crippen molar-refractivity contribution < 1.29 is 14.3 Å². The highest BCUT2D eigenvalue weighted by Gasteiger charge is 2.24. The molecule has 1 fully saturated rings. The summed E-state index contributed by atoms with van der Waals surface area (Å²) in [5, 5.41) is 0. The maximum Gasteiger partial charge on any atom is 0.168 e. The van der Waals surface area contributed by atoms with Crippen molar-refractivity contribution in [2.24, 2.45) is 5.92 Å². The zero-order chi connectivity index (χ0) is 12.3. The summed E-state index contributed by atoms with van der Waals surface area (Å²) >= 11 is 0. The zero-order valence-corrected chi connectivity index (χ0v) is 10.4. The van der Waals surface area contributed by atoms with Crippen molar-refractivity contribution in [2.45, 2.75) is 19.8 Å². The van der Waals surface area contributed by atoms with E-state index in [0.717, 1.165) is 36.3 Å². The highest BCUT2D eigenvalue weighted by Crippen LogP contribution is 2.23. The van der Waals surface area contributed by atoms with Gasteiger partial charge in [0.15, 0.2) is 5.78 Å². The van der Waals surface area contributed by atoms with Crippen molar-refractivity contribution in [3.05, 3.63) is 29.3 Å². The third-order valence-electron chi connectivity index (χ3n) is 3.23. The Bertz CT molecular complexity index is 406. The van der Waals surface area contributed by atoms with Gasteiger partial charge in [-0.05, 0) is 43.5 Å². The van der Waals surface area contributed by atoms with Gasteiger partial charge in [-0.15, -0.1) is 0 Å². The summed E-state index contributed by atoms with van der Waals surface area (Å²) in [6.07, 6.45) is 1.91. The summed E-state index contributed by atoms with van der Waals surface area (Å²) in [4.78, 5) is 12.3. The fourth-order valence-electron chi connectivity index (χ4n) is 2.21. The fourth-order valence-corrected chi connectivity index (χ4v) is 2.21. The molecule has 0 aliphatic carbocycles. The van der Waals surface area contributed by atoms with Crippen LogP contribution in [0.3, 0.4) is 0 Å². The summed E-state index contributed by atoms with van der Waals surface area (Å²) < 4.78 is 10.5. The predicted molar refractivity (Wildman–Crippen MR) is 65.6 cm³/mol. The van der Waals surface area contributed by atoms with Gasteiger partial charge < -0.3 is 9.47 Å². The lowest BCUT2D eigenvalue weighted by atomic mass is 9.90. The monoisotopic (exact) mass is 234 g/mol. The number of carbonyl (C=O) groups is 1. The van der Waals surface area contributed by atoms with Gasteiger partial charge in [0.1, 0.15) is 5.75 Å². The molecule has 0 N–H and O–H groups in total. The van der Waals surface area contributed by atoms with Crippen LogP contribution in [0.4, 0.5) is 0 Å². The number of hydrogen-bond donors (Lipinski definition) is 0. The van der Waals surface area contributed by atoms with Gasteiger partial charge in [-0.1, -0.05) is 0 Å². The second kappa shape index (κ2) is 5.32. The van der Waals surface area contributed by atoms with Gasteiger partial charge in [0.2, 0.25) is 0 Å². The van der Waals surface area contributed by atoms with E-state index in [1.807, 2.05) is 25.1 Å². The summed E-state index contributed by atoms with van der Waals surface area (Å²) in [6.45, 7) is 3.29. The van der Waals surface area contributed by atoms with E-state index in [9.17, 15) is 4.79 Å². The van der Waals surface area contributed by atoms with Crippen LogP contribution < -0.4 is 4.74 Å². The van der Waals surface area contributed by atoms with Crippen molar-refractivity contribution in [2.75, 3.05) is 20.3 Å². The Morgan fingerprint density at radius 3 is 2.88 bits per heavy atom. The van der Waals surface area contributed by atoms with E-state index < -0.39 is 0 Å². The van der Waals surface area contributed by atoms with Gasteiger partial charge in [0, 0.05) is 18.1 Å². The molecule has 1 atom stereocenters. The molecule has 1 unspecified atom stereocenters. The smallest absolute Gasteiger partial charge is 0.168 e. The maximum atomic E-state index is 12.3. The van der Waals surface area contributed by atoms with Crippen LogP contribution in [0, 0.1) is 12.8 Å². The number of hydrogen-bond acceptors (Lipinski definition) is 3. The van der Waals surface area contributed by atoms with E-state index >= 15 is 0 Å². The molecule has 1 aromatic carbocycles. The van der Waals surface area contributed by atoms with Gasteiger partial charge in [-0.2, -0.15) is 0 Å². The summed E-state index contributed by atoms with van der Waals surface area (Å²) in [5.74, 6) is 1.01. The lowest BCUT2D eigenvalue weighted by Crippen LogP contribution is -2.25. The average Bonchev–Trinajstić information content (AvgIpc) is 2.39. The minimum atomic E-state index is 0.0239.